The van der Waals surface area contributed by atoms with E-state index in [1.165, 1.54) is 17.6 Å². The van der Waals surface area contributed by atoms with Crippen LogP contribution in [0.5, 0.6) is 0 Å². The van der Waals surface area contributed by atoms with Gasteiger partial charge in [-0.25, -0.2) is 13.1 Å². The van der Waals surface area contributed by atoms with Gasteiger partial charge in [-0.05, 0) is 60.4 Å². The molecule has 30 heavy (non-hydrogen) atoms. The third-order valence-electron chi connectivity index (χ3n) is 5.40. The van der Waals surface area contributed by atoms with Crippen molar-refractivity contribution in [2.45, 2.75) is 30.7 Å². The minimum atomic E-state index is -3.72. The van der Waals surface area contributed by atoms with Gasteiger partial charge in [0.2, 0.25) is 21.7 Å². The second-order valence-corrected chi connectivity index (χ2v) is 10.2. The first-order chi connectivity index (χ1) is 14.4. The van der Waals surface area contributed by atoms with E-state index in [1.807, 2.05) is 0 Å². The predicted molar refractivity (Wildman–Crippen MR) is 111 cm³/mol. The van der Waals surface area contributed by atoms with Crippen LogP contribution in [0.25, 0.3) is 0 Å². The number of sulfonamides is 1. The van der Waals surface area contributed by atoms with E-state index >= 15 is 0 Å². The Morgan fingerprint density at radius 1 is 1.13 bits per heavy atom. The number of rotatable bonds is 6. The fourth-order valence-corrected chi connectivity index (χ4v) is 6.05. The lowest BCUT2D eigenvalue weighted by atomic mass is 10.00. The van der Waals surface area contributed by atoms with Crippen molar-refractivity contribution in [2.75, 3.05) is 11.4 Å². The van der Waals surface area contributed by atoms with Gasteiger partial charge in [0.25, 0.3) is 0 Å². The minimum Gasteiger partial charge on any atom is -0.461 e. The van der Waals surface area contributed by atoms with Gasteiger partial charge in [-0.1, -0.05) is 0 Å². The Morgan fingerprint density at radius 2 is 1.93 bits per heavy atom. The van der Waals surface area contributed by atoms with Gasteiger partial charge in [0.15, 0.2) is 5.76 Å². The predicted octanol–water partition coefficient (Wildman–Crippen LogP) is 2.89. The molecule has 0 radical (unpaired) electrons. The number of aryl methyl sites for hydroxylation is 1. The van der Waals surface area contributed by atoms with Crippen molar-refractivity contribution >= 4 is 38.7 Å². The van der Waals surface area contributed by atoms with Gasteiger partial charge in [0.05, 0.1) is 21.7 Å². The maximum atomic E-state index is 12.9. The summed E-state index contributed by atoms with van der Waals surface area (Å²) in [5.74, 6) is 0.132. The lowest BCUT2D eigenvalue weighted by Crippen LogP contribution is -2.33. The van der Waals surface area contributed by atoms with Crippen molar-refractivity contribution in [1.82, 2.24) is 4.72 Å². The van der Waals surface area contributed by atoms with Crippen molar-refractivity contribution in [3.63, 3.8) is 0 Å². The summed E-state index contributed by atoms with van der Waals surface area (Å²) in [5.41, 5.74) is 2.71. The third-order valence-corrected chi connectivity index (χ3v) is 7.87. The van der Waals surface area contributed by atoms with E-state index in [0.29, 0.717) is 30.7 Å². The number of hydrogen-bond acceptors (Lipinski definition) is 6. The van der Waals surface area contributed by atoms with Gasteiger partial charge in [0, 0.05) is 24.4 Å². The quantitative estimate of drug-likeness (QED) is 0.592. The molecule has 0 unspecified atom stereocenters. The number of carbonyl (C=O) groups is 2. The topological polar surface area (TPSA) is 96.7 Å². The molecule has 154 valence electrons. The molecule has 7 nitrogen and oxygen atoms in total. The summed E-state index contributed by atoms with van der Waals surface area (Å²) in [5, 5.41) is 0. The van der Waals surface area contributed by atoms with Crippen LogP contribution < -0.4 is 9.62 Å². The lowest BCUT2D eigenvalue weighted by Gasteiger charge is -2.25. The molecule has 2 aliphatic rings. The normalized spacial score (nSPS) is 15.5. The smallest absolute Gasteiger partial charge is 0.240 e. The zero-order valence-corrected chi connectivity index (χ0v) is 17.5. The summed E-state index contributed by atoms with van der Waals surface area (Å²) in [4.78, 5) is 27.6. The van der Waals surface area contributed by atoms with Gasteiger partial charge >= 0.3 is 0 Å². The zero-order chi connectivity index (χ0) is 20.9. The molecule has 1 N–H and O–H groups in total. The van der Waals surface area contributed by atoms with Crippen LogP contribution in [-0.4, -0.2) is 26.7 Å². The summed E-state index contributed by atoms with van der Waals surface area (Å²) in [6.07, 6.45) is 3.07. The molecule has 9 heteroatoms. The number of carbonyl (C=O) groups excluding carboxylic acids is 2. The molecule has 2 aliphatic heterocycles. The summed E-state index contributed by atoms with van der Waals surface area (Å²) in [7, 11) is -3.72. The second-order valence-electron chi connectivity index (χ2n) is 7.28. The molecule has 0 saturated heterocycles. The van der Waals surface area contributed by atoms with Crippen LogP contribution in [0.2, 0.25) is 0 Å². The van der Waals surface area contributed by atoms with Crippen LogP contribution in [0.4, 0.5) is 5.69 Å². The Labute approximate surface area is 177 Å². The molecule has 0 fully saturated rings. The van der Waals surface area contributed by atoms with Crippen LogP contribution >= 0.6 is 11.3 Å². The number of thiophene rings is 1. The largest absolute Gasteiger partial charge is 0.461 e. The van der Waals surface area contributed by atoms with E-state index in [4.69, 9.17) is 4.42 Å². The summed E-state index contributed by atoms with van der Waals surface area (Å²) >= 11 is 1.23. The van der Waals surface area contributed by atoms with Gasteiger partial charge in [0.1, 0.15) is 0 Å². The molecular formula is C21H18N2O5S2. The van der Waals surface area contributed by atoms with E-state index in [2.05, 4.69) is 4.72 Å². The summed E-state index contributed by atoms with van der Waals surface area (Å²) < 4.78 is 33.5. The molecule has 2 aromatic heterocycles. The molecule has 0 saturated carbocycles. The maximum Gasteiger partial charge on any atom is 0.240 e. The minimum absolute atomic E-state index is 0.0927. The fourth-order valence-electron chi connectivity index (χ4n) is 3.95. The standard InChI is InChI=1S/C21H18N2O5S2/c24-19-6-3-13-10-16(11-14-7-8-23(19)20(13)14)30(26,27)22-12-15-4-5-18(29-15)21(25)17-2-1-9-28-17/h1-2,4-5,9-11,22H,3,6-8,12H2. The lowest BCUT2D eigenvalue weighted by molar-refractivity contribution is -0.118. The Morgan fingerprint density at radius 3 is 2.70 bits per heavy atom. The number of anilines is 1. The van der Waals surface area contributed by atoms with Gasteiger partial charge in [-0.15, -0.1) is 11.3 Å². The second kappa shape index (κ2) is 7.19. The maximum absolute atomic E-state index is 12.9. The molecule has 3 aromatic rings. The molecule has 1 aromatic carbocycles. The van der Waals surface area contributed by atoms with Gasteiger partial charge in [-0.3, -0.25) is 9.59 Å². The van der Waals surface area contributed by atoms with E-state index in [-0.39, 0.29) is 28.9 Å². The average molecular weight is 443 g/mol. The van der Waals surface area contributed by atoms with Gasteiger partial charge in [-0.2, -0.15) is 0 Å². The third kappa shape index (κ3) is 3.28. The SMILES string of the molecule is O=C(c1ccco1)c1ccc(CNS(=O)(=O)c2cc3c4c(c2)CCN4C(=O)CC3)s1. The monoisotopic (exact) mass is 442 g/mol. The number of nitrogens with one attached hydrogen (secondary N) is 1. The highest BCUT2D eigenvalue weighted by molar-refractivity contribution is 7.89. The van der Waals surface area contributed by atoms with Crippen LogP contribution in [0.3, 0.4) is 0 Å². The highest BCUT2D eigenvalue weighted by Gasteiger charge is 2.32. The van der Waals surface area contributed by atoms with Crippen molar-refractivity contribution in [3.05, 3.63) is 69.3 Å². The number of hydrogen-bond donors (Lipinski definition) is 1. The molecule has 0 aliphatic carbocycles. The molecule has 4 heterocycles. The fraction of sp³-hybridized carbons (Fsp3) is 0.238. The Bertz CT molecular complexity index is 1260. The van der Waals surface area contributed by atoms with Crippen molar-refractivity contribution < 1.29 is 22.4 Å². The first-order valence-corrected chi connectivity index (χ1v) is 11.8. The summed E-state index contributed by atoms with van der Waals surface area (Å²) in [6.45, 7) is 0.704. The Balaban J connectivity index is 1.34. The van der Waals surface area contributed by atoms with Crippen molar-refractivity contribution in [1.29, 1.82) is 0 Å². The molecule has 1 amide bonds. The van der Waals surface area contributed by atoms with E-state index in [0.717, 1.165) is 21.7 Å². The van der Waals surface area contributed by atoms with Crippen LogP contribution in [0.15, 0.2) is 52.0 Å². The van der Waals surface area contributed by atoms with Gasteiger partial charge < -0.3 is 9.32 Å². The number of ketones is 1. The first kappa shape index (κ1) is 19.2. The van der Waals surface area contributed by atoms with Crippen LogP contribution in [0, 0.1) is 0 Å². The molecular weight excluding hydrogens is 424 g/mol. The van der Waals surface area contributed by atoms with E-state index < -0.39 is 10.0 Å². The summed E-state index contributed by atoms with van der Waals surface area (Å²) in [6, 6.07) is 9.99. The first-order valence-electron chi connectivity index (χ1n) is 9.55. The van der Waals surface area contributed by atoms with Crippen LogP contribution in [-0.2, 0) is 34.2 Å². The number of benzene rings is 1. The Kier molecular flexibility index (Phi) is 4.61. The number of furan rings is 1. The number of amides is 1. The van der Waals surface area contributed by atoms with E-state index in [9.17, 15) is 18.0 Å². The van der Waals surface area contributed by atoms with Crippen molar-refractivity contribution in [3.8, 4) is 0 Å². The highest BCUT2D eigenvalue weighted by atomic mass is 32.2. The Hall–Kier alpha value is -2.75. The highest BCUT2D eigenvalue weighted by Crippen LogP contribution is 2.38. The van der Waals surface area contributed by atoms with E-state index in [1.54, 1.807) is 41.3 Å². The van der Waals surface area contributed by atoms with Crippen molar-refractivity contribution in [2.24, 2.45) is 0 Å². The molecule has 0 bridgehead atoms. The molecule has 5 rings (SSSR count). The van der Waals surface area contributed by atoms with Crippen LogP contribution in [0.1, 0.15) is 37.9 Å². The molecule has 0 atom stereocenters. The zero-order valence-electron chi connectivity index (χ0n) is 15.9. The molecule has 0 spiro atoms. The number of nitrogens with zero attached hydrogens (tertiary/aromatic N) is 1. The average Bonchev–Trinajstić information content (AvgIpc) is 3.50.